The number of nitrogens with zero attached hydrogens (tertiary/aromatic N) is 4. The number of ether oxygens (including phenoxy) is 1. The van der Waals surface area contributed by atoms with Crippen LogP contribution in [-0.2, 0) is 10.0 Å². The van der Waals surface area contributed by atoms with Gasteiger partial charge in [-0.2, -0.15) is 4.31 Å². The highest BCUT2D eigenvalue weighted by atomic mass is 32.2. The lowest BCUT2D eigenvalue weighted by molar-refractivity contribution is 0.307. The van der Waals surface area contributed by atoms with E-state index >= 15 is 0 Å². The van der Waals surface area contributed by atoms with Crippen molar-refractivity contribution in [1.82, 2.24) is 14.3 Å². The largest absolute Gasteiger partial charge is 0.481 e. The Morgan fingerprint density at radius 2 is 1.79 bits per heavy atom. The van der Waals surface area contributed by atoms with Gasteiger partial charge in [-0.25, -0.2) is 22.8 Å². The van der Waals surface area contributed by atoms with Crippen molar-refractivity contribution in [3.05, 3.63) is 42.5 Å². The van der Waals surface area contributed by atoms with Crippen LogP contribution in [0.4, 0.5) is 10.2 Å². The van der Waals surface area contributed by atoms with Gasteiger partial charge in [-0.05, 0) is 37.8 Å². The quantitative estimate of drug-likeness (QED) is 0.734. The van der Waals surface area contributed by atoms with Crippen LogP contribution in [0.2, 0.25) is 0 Å². The molecule has 0 N–H and O–H groups in total. The molecule has 0 spiro atoms. The first-order valence-corrected chi connectivity index (χ1v) is 10.8. The molecule has 1 aromatic heterocycles. The third kappa shape index (κ3) is 3.68. The Labute approximate surface area is 164 Å². The van der Waals surface area contributed by atoms with E-state index in [0.717, 1.165) is 18.7 Å². The van der Waals surface area contributed by atoms with Crippen LogP contribution in [0, 0.1) is 5.82 Å². The van der Waals surface area contributed by atoms with Gasteiger partial charge in [0.25, 0.3) is 0 Å². The Hall–Kier alpha value is -2.26. The fourth-order valence-electron chi connectivity index (χ4n) is 3.76. The summed E-state index contributed by atoms with van der Waals surface area (Å²) in [5.74, 6) is 0.609. The average Bonchev–Trinajstić information content (AvgIpc) is 3.54. The fourth-order valence-corrected chi connectivity index (χ4v) is 5.30. The predicted molar refractivity (Wildman–Crippen MR) is 102 cm³/mol. The van der Waals surface area contributed by atoms with Crippen molar-refractivity contribution >= 4 is 15.8 Å². The van der Waals surface area contributed by atoms with E-state index in [2.05, 4.69) is 14.9 Å². The van der Waals surface area contributed by atoms with E-state index in [1.807, 2.05) is 6.07 Å². The van der Waals surface area contributed by atoms with Crippen LogP contribution in [0.5, 0.6) is 5.88 Å². The zero-order valence-corrected chi connectivity index (χ0v) is 16.5. The third-order valence-electron chi connectivity index (χ3n) is 5.31. The van der Waals surface area contributed by atoms with Crippen molar-refractivity contribution in [3.63, 3.8) is 0 Å². The molecule has 0 bridgehead atoms. The number of anilines is 1. The standard InChI is InChI=1S/C19H23FN4O3S/c1-27-19-12-18(21-13-22-19)24(14-6-7-14)15-8-10-23(11-9-15)28(25,26)17-5-3-2-4-16(17)20/h2-5,12-15H,6-11H2,1H3. The summed E-state index contributed by atoms with van der Waals surface area (Å²) in [6.07, 6.45) is 5.01. The van der Waals surface area contributed by atoms with Gasteiger partial charge in [0, 0.05) is 31.2 Å². The molecule has 7 nitrogen and oxygen atoms in total. The van der Waals surface area contributed by atoms with E-state index in [9.17, 15) is 12.8 Å². The molecule has 1 saturated carbocycles. The molecule has 0 atom stereocenters. The van der Waals surface area contributed by atoms with Gasteiger partial charge in [0.2, 0.25) is 15.9 Å². The second-order valence-corrected chi connectivity index (χ2v) is 9.03. The van der Waals surface area contributed by atoms with E-state index < -0.39 is 15.8 Å². The summed E-state index contributed by atoms with van der Waals surface area (Å²) in [6, 6.07) is 7.95. The second-order valence-electron chi connectivity index (χ2n) is 7.12. The van der Waals surface area contributed by atoms with Crippen molar-refractivity contribution < 1.29 is 17.5 Å². The number of piperidine rings is 1. The summed E-state index contributed by atoms with van der Waals surface area (Å²) in [7, 11) is -2.26. The van der Waals surface area contributed by atoms with Crippen LogP contribution >= 0.6 is 0 Å². The molecule has 4 rings (SSSR count). The lowest BCUT2D eigenvalue weighted by atomic mass is 10.0. The zero-order chi connectivity index (χ0) is 19.7. The Bertz CT molecular complexity index is 944. The van der Waals surface area contributed by atoms with Crippen molar-refractivity contribution in [2.24, 2.45) is 0 Å². The molecule has 1 aliphatic carbocycles. The number of hydrogen-bond acceptors (Lipinski definition) is 6. The molecule has 2 aliphatic rings. The summed E-state index contributed by atoms with van der Waals surface area (Å²) >= 11 is 0. The summed E-state index contributed by atoms with van der Waals surface area (Å²) in [6.45, 7) is 0.708. The number of halogens is 1. The molecule has 1 aliphatic heterocycles. The first-order chi connectivity index (χ1) is 13.5. The fraction of sp³-hybridized carbons (Fsp3) is 0.474. The maximum atomic E-state index is 14.0. The van der Waals surface area contributed by atoms with Crippen molar-refractivity contribution in [2.75, 3.05) is 25.1 Å². The first-order valence-electron chi connectivity index (χ1n) is 9.40. The molecule has 2 heterocycles. The second kappa shape index (κ2) is 7.63. The molecule has 0 amide bonds. The molecule has 2 fully saturated rings. The lowest BCUT2D eigenvalue weighted by Crippen LogP contribution is -2.48. The summed E-state index contributed by atoms with van der Waals surface area (Å²) in [4.78, 5) is 10.5. The van der Waals surface area contributed by atoms with Gasteiger partial charge in [0.15, 0.2) is 0 Å². The van der Waals surface area contributed by atoms with Crippen LogP contribution in [-0.4, -0.2) is 55.0 Å². The predicted octanol–water partition coefficient (Wildman–Crippen LogP) is 2.45. The van der Waals surface area contributed by atoms with E-state index in [1.54, 1.807) is 13.2 Å². The summed E-state index contributed by atoms with van der Waals surface area (Å²) in [5.41, 5.74) is 0. The Morgan fingerprint density at radius 1 is 1.11 bits per heavy atom. The van der Waals surface area contributed by atoms with Crippen LogP contribution in [0.25, 0.3) is 0 Å². The van der Waals surface area contributed by atoms with E-state index in [4.69, 9.17) is 4.74 Å². The molecule has 1 aromatic carbocycles. The average molecular weight is 406 g/mol. The topological polar surface area (TPSA) is 75.6 Å². The van der Waals surface area contributed by atoms with Gasteiger partial charge in [-0.1, -0.05) is 12.1 Å². The Balaban J connectivity index is 1.50. The number of rotatable bonds is 6. The van der Waals surface area contributed by atoms with Crippen LogP contribution in [0.1, 0.15) is 25.7 Å². The number of methoxy groups -OCH3 is 1. The highest BCUT2D eigenvalue weighted by molar-refractivity contribution is 7.89. The summed E-state index contributed by atoms with van der Waals surface area (Å²) in [5, 5.41) is 0. The van der Waals surface area contributed by atoms with Crippen LogP contribution in [0.3, 0.4) is 0 Å². The first kappa shape index (κ1) is 19.1. The molecule has 28 heavy (non-hydrogen) atoms. The number of benzene rings is 1. The van der Waals surface area contributed by atoms with Crippen LogP contribution in [0.15, 0.2) is 41.6 Å². The maximum Gasteiger partial charge on any atom is 0.245 e. The van der Waals surface area contributed by atoms with Gasteiger partial charge in [-0.3, -0.25) is 0 Å². The molecule has 0 unspecified atom stereocenters. The van der Waals surface area contributed by atoms with Crippen LogP contribution < -0.4 is 9.64 Å². The van der Waals surface area contributed by atoms with Gasteiger partial charge in [-0.15, -0.1) is 0 Å². The normalized spacial score (nSPS) is 18.8. The van der Waals surface area contributed by atoms with Crippen molar-refractivity contribution in [2.45, 2.75) is 42.7 Å². The third-order valence-corrected chi connectivity index (χ3v) is 7.24. The van der Waals surface area contributed by atoms with Crippen molar-refractivity contribution in [1.29, 1.82) is 0 Å². The van der Waals surface area contributed by atoms with Gasteiger partial charge >= 0.3 is 0 Å². The lowest BCUT2D eigenvalue weighted by Gasteiger charge is -2.39. The highest BCUT2D eigenvalue weighted by Crippen LogP contribution is 2.36. The van der Waals surface area contributed by atoms with E-state index in [0.29, 0.717) is 37.9 Å². The molecule has 150 valence electrons. The minimum Gasteiger partial charge on any atom is -0.481 e. The van der Waals surface area contributed by atoms with Crippen molar-refractivity contribution in [3.8, 4) is 5.88 Å². The minimum absolute atomic E-state index is 0.180. The molecule has 2 aromatic rings. The SMILES string of the molecule is COc1cc(N(C2CC2)C2CCN(S(=O)(=O)c3ccccc3F)CC2)ncn1. The summed E-state index contributed by atoms with van der Waals surface area (Å²) < 4.78 is 46.2. The van der Waals surface area contributed by atoms with E-state index in [1.165, 1.54) is 28.8 Å². The zero-order valence-electron chi connectivity index (χ0n) is 15.7. The molecule has 9 heteroatoms. The smallest absolute Gasteiger partial charge is 0.245 e. The number of sulfonamides is 1. The van der Waals surface area contributed by atoms with Gasteiger partial charge in [0.1, 0.15) is 22.9 Å². The highest BCUT2D eigenvalue weighted by Gasteiger charge is 2.39. The van der Waals surface area contributed by atoms with Gasteiger partial charge < -0.3 is 9.64 Å². The molecule has 0 radical (unpaired) electrons. The monoisotopic (exact) mass is 406 g/mol. The molecular formula is C19H23FN4O3S. The Kier molecular flexibility index (Phi) is 5.20. The number of hydrogen-bond donors (Lipinski definition) is 0. The molecular weight excluding hydrogens is 383 g/mol. The van der Waals surface area contributed by atoms with Gasteiger partial charge in [0.05, 0.1) is 7.11 Å². The Morgan fingerprint density at radius 3 is 2.43 bits per heavy atom. The van der Waals surface area contributed by atoms with E-state index in [-0.39, 0.29) is 10.9 Å². The number of aromatic nitrogens is 2. The molecule has 1 saturated heterocycles. The minimum atomic E-state index is -3.83. The maximum absolute atomic E-state index is 14.0.